The molecule has 3 heteroatoms. The van der Waals surface area contributed by atoms with Gasteiger partial charge in [-0.3, -0.25) is 4.68 Å². The fourth-order valence-corrected chi connectivity index (χ4v) is 1.86. The number of aromatic nitrogens is 2. The molecular weight excluding hydrogens is 236 g/mol. The highest BCUT2D eigenvalue weighted by Crippen LogP contribution is 2.22. The number of nitrogens with zero attached hydrogens (tertiary/aromatic N) is 2. The van der Waals surface area contributed by atoms with Crippen LogP contribution in [0.2, 0.25) is 0 Å². The molecule has 2 rings (SSSR count). The molecule has 0 spiro atoms. The first-order valence-electron chi connectivity index (χ1n) is 6.73. The van der Waals surface area contributed by atoms with Crippen molar-refractivity contribution in [1.29, 1.82) is 0 Å². The Morgan fingerprint density at radius 2 is 1.84 bits per heavy atom. The van der Waals surface area contributed by atoms with Crippen molar-refractivity contribution < 1.29 is 4.74 Å². The van der Waals surface area contributed by atoms with E-state index in [2.05, 4.69) is 57.1 Å². The van der Waals surface area contributed by atoms with Gasteiger partial charge in [0, 0.05) is 6.54 Å². The predicted molar refractivity (Wildman–Crippen MR) is 77.4 cm³/mol. The van der Waals surface area contributed by atoms with Gasteiger partial charge in [0.25, 0.3) is 0 Å². The standard InChI is InChI=1S/C16H22N2O/c1-5-18-11-15(10-17-18)19-12-13-6-8-14(9-7-13)16(2,3)4/h6-11H,5,12H2,1-4H3. The molecular formula is C16H22N2O. The van der Waals surface area contributed by atoms with Gasteiger partial charge in [-0.15, -0.1) is 0 Å². The summed E-state index contributed by atoms with van der Waals surface area (Å²) < 4.78 is 7.58. The van der Waals surface area contributed by atoms with Crippen LogP contribution in [0, 0.1) is 0 Å². The van der Waals surface area contributed by atoms with E-state index in [4.69, 9.17) is 4.74 Å². The Balaban J connectivity index is 1.96. The third-order valence-corrected chi connectivity index (χ3v) is 3.16. The largest absolute Gasteiger partial charge is 0.486 e. The maximum atomic E-state index is 5.72. The van der Waals surface area contributed by atoms with E-state index in [9.17, 15) is 0 Å². The Bertz CT molecular complexity index is 520. The lowest BCUT2D eigenvalue weighted by atomic mass is 9.87. The summed E-state index contributed by atoms with van der Waals surface area (Å²) in [6.07, 6.45) is 3.68. The van der Waals surface area contributed by atoms with Crippen LogP contribution in [0.25, 0.3) is 0 Å². The van der Waals surface area contributed by atoms with E-state index in [1.807, 2.05) is 10.9 Å². The molecule has 0 unspecified atom stereocenters. The van der Waals surface area contributed by atoms with Crippen LogP contribution in [-0.4, -0.2) is 9.78 Å². The highest BCUT2D eigenvalue weighted by atomic mass is 16.5. The van der Waals surface area contributed by atoms with Gasteiger partial charge < -0.3 is 4.74 Å². The molecule has 0 aliphatic rings. The molecule has 0 radical (unpaired) electrons. The number of hydrogen-bond donors (Lipinski definition) is 0. The van der Waals surface area contributed by atoms with Gasteiger partial charge in [-0.1, -0.05) is 45.0 Å². The molecule has 0 aliphatic heterocycles. The van der Waals surface area contributed by atoms with Crippen molar-refractivity contribution in [2.45, 2.75) is 46.3 Å². The Morgan fingerprint density at radius 3 is 2.37 bits per heavy atom. The van der Waals surface area contributed by atoms with Gasteiger partial charge in [-0.2, -0.15) is 5.10 Å². The van der Waals surface area contributed by atoms with Crippen LogP contribution in [0.1, 0.15) is 38.8 Å². The molecule has 0 N–H and O–H groups in total. The van der Waals surface area contributed by atoms with Gasteiger partial charge in [0.05, 0.1) is 12.4 Å². The zero-order chi connectivity index (χ0) is 13.9. The average molecular weight is 258 g/mol. The normalized spacial score (nSPS) is 11.6. The van der Waals surface area contributed by atoms with Crippen LogP contribution in [0.15, 0.2) is 36.7 Å². The lowest BCUT2D eigenvalue weighted by Crippen LogP contribution is -2.10. The third-order valence-electron chi connectivity index (χ3n) is 3.16. The monoisotopic (exact) mass is 258 g/mol. The molecule has 0 atom stereocenters. The second-order valence-corrected chi connectivity index (χ2v) is 5.77. The Morgan fingerprint density at radius 1 is 1.16 bits per heavy atom. The summed E-state index contributed by atoms with van der Waals surface area (Å²) in [4.78, 5) is 0. The molecule has 0 saturated carbocycles. The van der Waals surface area contributed by atoms with Crippen molar-refractivity contribution in [1.82, 2.24) is 9.78 Å². The molecule has 102 valence electrons. The van der Waals surface area contributed by atoms with Crippen LogP contribution in [-0.2, 0) is 18.6 Å². The first kappa shape index (κ1) is 13.7. The van der Waals surface area contributed by atoms with Gasteiger partial charge in [0.15, 0.2) is 5.75 Å². The average Bonchev–Trinajstić information content (AvgIpc) is 2.84. The van der Waals surface area contributed by atoms with Crippen molar-refractivity contribution in [3.8, 4) is 5.75 Å². The predicted octanol–water partition coefficient (Wildman–Crippen LogP) is 3.78. The van der Waals surface area contributed by atoms with E-state index in [0.717, 1.165) is 12.3 Å². The minimum absolute atomic E-state index is 0.196. The second-order valence-electron chi connectivity index (χ2n) is 5.77. The summed E-state index contributed by atoms with van der Waals surface area (Å²) in [5, 5.41) is 4.19. The number of rotatable bonds is 4. The maximum Gasteiger partial charge on any atom is 0.157 e. The van der Waals surface area contributed by atoms with E-state index in [1.165, 1.54) is 11.1 Å². The number of hydrogen-bond acceptors (Lipinski definition) is 2. The van der Waals surface area contributed by atoms with Crippen molar-refractivity contribution in [3.63, 3.8) is 0 Å². The van der Waals surface area contributed by atoms with Crippen LogP contribution in [0.3, 0.4) is 0 Å². The van der Waals surface area contributed by atoms with Gasteiger partial charge in [0.1, 0.15) is 6.61 Å². The smallest absolute Gasteiger partial charge is 0.157 e. The summed E-state index contributed by atoms with van der Waals surface area (Å²) in [5.74, 6) is 0.821. The first-order chi connectivity index (χ1) is 8.99. The molecule has 0 amide bonds. The highest BCUT2D eigenvalue weighted by Gasteiger charge is 2.12. The van der Waals surface area contributed by atoms with E-state index < -0.39 is 0 Å². The quantitative estimate of drug-likeness (QED) is 0.834. The molecule has 0 aliphatic carbocycles. The molecule has 0 fully saturated rings. The second kappa shape index (κ2) is 5.47. The van der Waals surface area contributed by atoms with Crippen molar-refractivity contribution in [3.05, 3.63) is 47.8 Å². The Labute approximate surface area is 115 Å². The van der Waals surface area contributed by atoms with E-state index >= 15 is 0 Å². The molecule has 3 nitrogen and oxygen atoms in total. The maximum absolute atomic E-state index is 5.72. The number of ether oxygens (including phenoxy) is 1. The number of benzene rings is 1. The SMILES string of the molecule is CCn1cc(OCc2ccc(C(C)(C)C)cc2)cn1. The van der Waals surface area contributed by atoms with Crippen LogP contribution in [0.4, 0.5) is 0 Å². The fourth-order valence-electron chi connectivity index (χ4n) is 1.86. The van der Waals surface area contributed by atoms with Crippen LogP contribution >= 0.6 is 0 Å². The topological polar surface area (TPSA) is 27.1 Å². The Hall–Kier alpha value is -1.77. The summed E-state index contributed by atoms with van der Waals surface area (Å²) in [6.45, 7) is 10.2. The summed E-state index contributed by atoms with van der Waals surface area (Å²) in [6, 6.07) is 8.61. The van der Waals surface area contributed by atoms with Crippen molar-refractivity contribution in [2.75, 3.05) is 0 Å². The first-order valence-corrected chi connectivity index (χ1v) is 6.73. The Kier molecular flexibility index (Phi) is 3.93. The molecule has 0 bridgehead atoms. The zero-order valence-electron chi connectivity index (χ0n) is 12.2. The van der Waals surface area contributed by atoms with Gasteiger partial charge >= 0.3 is 0 Å². The minimum atomic E-state index is 0.196. The molecule has 1 heterocycles. The van der Waals surface area contributed by atoms with E-state index in [-0.39, 0.29) is 5.41 Å². The van der Waals surface area contributed by atoms with Gasteiger partial charge in [-0.05, 0) is 23.5 Å². The van der Waals surface area contributed by atoms with Crippen LogP contribution in [0.5, 0.6) is 5.75 Å². The van der Waals surface area contributed by atoms with Gasteiger partial charge in [0.2, 0.25) is 0 Å². The fraction of sp³-hybridized carbons (Fsp3) is 0.438. The summed E-state index contributed by atoms with van der Waals surface area (Å²) >= 11 is 0. The molecule has 0 saturated heterocycles. The third kappa shape index (κ3) is 3.60. The van der Waals surface area contributed by atoms with Crippen LogP contribution < -0.4 is 4.74 Å². The highest BCUT2D eigenvalue weighted by molar-refractivity contribution is 5.27. The molecule has 19 heavy (non-hydrogen) atoms. The van der Waals surface area contributed by atoms with Gasteiger partial charge in [-0.25, -0.2) is 0 Å². The lowest BCUT2D eigenvalue weighted by molar-refractivity contribution is 0.305. The lowest BCUT2D eigenvalue weighted by Gasteiger charge is -2.19. The molecule has 2 aromatic rings. The summed E-state index contributed by atoms with van der Waals surface area (Å²) in [7, 11) is 0. The van der Waals surface area contributed by atoms with E-state index in [0.29, 0.717) is 6.61 Å². The minimum Gasteiger partial charge on any atom is -0.486 e. The zero-order valence-corrected chi connectivity index (χ0v) is 12.2. The number of aryl methyl sites for hydroxylation is 1. The van der Waals surface area contributed by atoms with Crippen molar-refractivity contribution >= 4 is 0 Å². The van der Waals surface area contributed by atoms with E-state index in [1.54, 1.807) is 6.20 Å². The molecule has 1 aromatic heterocycles. The van der Waals surface area contributed by atoms with Crippen molar-refractivity contribution in [2.24, 2.45) is 0 Å². The molecule has 1 aromatic carbocycles. The summed E-state index contributed by atoms with van der Waals surface area (Å²) in [5.41, 5.74) is 2.72.